The van der Waals surface area contributed by atoms with Crippen LogP contribution in [0.5, 0.6) is 0 Å². The second-order valence-electron chi connectivity index (χ2n) is 4.82. The summed E-state index contributed by atoms with van der Waals surface area (Å²) in [5.74, 6) is -63.6. The highest BCUT2D eigenvalue weighted by Crippen LogP contribution is 2.63. The van der Waals surface area contributed by atoms with E-state index in [9.17, 15) is 70.2 Å². The fourth-order valence-electron chi connectivity index (χ4n) is 1.32. The molecule has 0 N–H and O–H groups in total. The Balaban J connectivity index is 6.80. The Bertz CT molecular complexity index is 633. The van der Waals surface area contributed by atoms with Crippen molar-refractivity contribution in [2.24, 2.45) is 0 Å². The number of rotatable bonds is 7. The zero-order chi connectivity index (χ0) is 23.4. The minimum atomic E-state index is -8.58. The quantitative estimate of drug-likeness (QED) is 0.504. The topological polar surface area (TPSA) is 47.6 Å². The average molecular weight is 452 g/mol. The van der Waals surface area contributed by atoms with Crippen LogP contribution in [0.1, 0.15) is 0 Å². The van der Waals surface area contributed by atoms with Crippen molar-refractivity contribution in [1.29, 1.82) is 10.5 Å². The molecule has 0 unspecified atom stereocenters. The molecule has 0 heterocycles. The highest BCUT2D eigenvalue weighted by molar-refractivity contribution is 5.20. The number of hydrogen-bond acceptors (Lipinski definition) is 2. The number of halogens is 16. The zero-order valence-corrected chi connectivity index (χ0v) is 11.9. The highest BCUT2D eigenvalue weighted by atomic mass is 19.4. The van der Waals surface area contributed by atoms with Crippen LogP contribution >= 0.6 is 0 Å². The van der Waals surface area contributed by atoms with Crippen molar-refractivity contribution in [1.82, 2.24) is 0 Å². The molecule has 162 valence electrons. The van der Waals surface area contributed by atoms with E-state index in [0.29, 0.717) is 0 Å². The molecule has 2 nitrogen and oxygen atoms in total. The van der Waals surface area contributed by atoms with Crippen molar-refractivity contribution in [3.05, 3.63) is 0 Å². The van der Waals surface area contributed by atoms with E-state index in [1.165, 1.54) is 0 Å². The molecule has 18 heteroatoms. The van der Waals surface area contributed by atoms with Crippen molar-refractivity contribution in [3.63, 3.8) is 0 Å². The number of alkyl halides is 16. The maximum Gasteiger partial charge on any atom is 0.400 e. The summed E-state index contributed by atoms with van der Waals surface area (Å²) in [6.07, 6.45) is 0. The molecule has 0 radical (unpaired) electrons. The Morgan fingerprint density at radius 1 is 0.321 bits per heavy atom. The standard InChI is InChI=1S/C10F16N2/c11-3(12,1-27)5(15,16)7(19,20)9(23,24)10(25,26)8(21,22)6(17,18)4(13,14)2-28. The zero-order valence-electron chi connectivity index (χ0n) is 11.9. The third-order valence-electron chi connectivity index (χ3n) is 3.04. The molecule has 0 aliphatic heterocycles. The van der Waals surface area contributed by atoms with Gasteiger partial charge in [0.2, 0.25) is 0 Å². The minimum Gasteiger partial charge on any atom is -0.192 e. The summed E-state index contributed by atoms with van der Waals surface area (Å²) < 4.78 is 206. The van der Waals surface area contributed by atoms with Gasteiger partial charge < -0.3 is 0 Å². The molecule has 0 aromatic heterocycles. The van der Waals surface area contributed by atoms with Gasteiger partial charge in [0, 0.05) is 0 Å². The lowest BCUT2D eigenvalue weighted by Gasteiger charge is -2.42. The van der Waals surface area contributed by atoms with Gasteiger partial charge in [0.25, 0.3) is 0 Å². The third kappa shape index (κ3) is 2.79. The van der Waals surface area contributed by atoms with Gasteiger partial charge in [-0.05, 0) is 0 Å². The van der Waals surface area contributed by atoms with Gasteiger partial charge in [0.15, 0.2) is 0 Å². The molecule has 0 saturated heterocycles. The summed E-state index contributed by atoms with van der Waals surface area (Å²) in [6, 6.07) is -2.05. The molecule has 0 atom stereocenters. The molecule has 0 aliphatic carbocycles. The molecule has 0 fully saturated rings. The molecular formula is C10F16N2. The Labute approximate surface area is 141 Å². The van der Waals surface area contributed by atoms with Crippen LogP contribution in [0.2, 0.25) is 0 Å². The Hall–Kier alpha value is -2.14. The van der Waals surface area contributed by atoms with Crippen LogP contribution in [0, 0.1) is 22.7 Å². The molecule has 0 saturated carbocycles. The number of nitriles is 2. The van der Waals surface area contributed by atoms with Crippen molar-refractivity contribution in [3.8, 4) is 12.1 Å². The maximum atomic E-state index is 13.1. The lowest BCUT2D eigenvalue weighted by molar-refractivity contribution is -0.447. The SMILES string of the molecule is N#CC(F)(F)C(F)(F)C(F)(F)C(F)(F)C(F)(F)C(F)(F)C(F)(F)C(F)(F)C#N. The summed E-state index contributed by atoms with van der Waals surface area (Å²) in [7, 11) is 0. The van der Waals surface area contributed by atoms with E-state index >= 15 is 0 Å². The van der Waals surface area contributed by atoms with E-state index in [-0.39, 0.29) is 0 Å². The second kappa shape index (κ2) is 6.18. The highest BCUT2D eigenvalue weighted by Gasteiger charge is 2.95. The largest absolute Gasteiger partial charge is 0.400 e. The van der Waals surface area contributed by atoms with Crippen LogP contribution < -0.4 is 0 Å². The predicted molar refractivity (Wildman–Crippen MR) is 50.8 cm³/mol. The average Bonchev–Trinajstić information content (AvgIpc) is 2.53. The van der Waals surface area contributed by atoms with Gasteiger partial charge in [-0.2, -0.15) is 80.8 Å². The van der Waals surface area contributed by atoms with Gasteiger partial charge in [-0.25, -0.2) is 0 Å². The molecule has 0 aliphatic rings. The van der Waals surface area contributed by atoms with E-state index in [1.807, 2.05) is 0 Å². The van der Waals surface area contributed by atoms with Gasteiger partial charge >= 0.3 is 47.4 Å². The van der Waals surface area contributed by atoms with Crippen LogP contribution in [0.3, 0.4) is 0 Å². The number of hydrogen-bond donors (Lipinski definition) is 0. The smallest absolute Gasteiger partial charge is 0.192 e. The van der Waals surface area contributed by atoms with Crippen molar-refractivity contribution >= 4 is 0 Å². The molecule has 0 aromatic carbocycles. The normalized spacial score (nSPS) is 15.8. The van der Waals surface area contributed by atoms with Crippen LogP contribution in [0.15, 0.2) is 0 Å². The summed E-state index contributed by atoms with van der Waals surface area (Å²) >= 11 is 0. The van der Waals surface area contributed by atoms with E-state index in [0.717, 1.165) is 0 Å². The van der Waals surface area contributed by atoms with Crippen molar-refractivity contribution in [2.45, 2.75) is 47.4 Å². The summed E-state index contributed by atoms with van der Waals surface area (Å²) in [6.45, 7) is 0. The van der Waals surface area contributed by atoms with Crippen LogP contribution in [0.25, 0.3) is 0 Å². The number of nitrogens with zero attached hydrogens (tertiary/aromatic N) is 2. The molecule has 0 bridgehead atoms. The van der Waals surface area contributed by atoms with Gasteiger partial charge in [0.1, 0.15) is 12.1 Å². The first-order valence-corrected chi connectivity index (χ1v) is 5.72. The van der Waals surface area contributed by atoms with E-state index in [1.54, 1.807) is 0 Å². The predicted octanol–water partition coefficient (Wildman–Crippen LogP) is 5.12. The van der Waals surface area contributed by atoms with E-state index < -0.39 is 59.5 Å². The van der Waals surface area contributed by atoms with E-state index in [4.69, 9.17) is 10.5 Å². The lowest BCUT2D eigenvalue weighted by Crippen LogP contribution is -2.74. The van der Waals surface area contributed by atoms with Crippen LogP contribution in [-0.2, 0) is 0 Å². The fourth-order valence-corrected chi connectivity index (χ4v) is 1.32. The van der Waals surface area contributed by atoms with Crippen molar-refractivity contribution in [2.75, 3.05) is 0 Å². The fraction of sp³-hybridized carbons (Fsp3) is 0.800. The summed E-state index contributed by atoms with van der Waals surface area (Å²) in [5, 5.41) is 15.1. The third-order valence-corrected chi connectivity index (χ3v) is 3.04. The van der Waals surface area contributed by atoms with Gasteiger partial charge in [0.05, 0.1) is 0 Å². The van der Waals surface area contributed by atoms with Crippen LogP contribution in [0.4, 0.5) is 70.2 Å². The molecule has 0 amide bonds. The lowest BCUT2D eigenvalue weighted by atomic mass is 9.88. The molecular weight excluding hydrogens is 452 g/mol. The second-order valence-corrected chi connectivity index (χ2v) is 4.82. The Morgan fingerprint density at radius 2 is 0.464 bits per heavy atom. The summed E-state index contributed by atoms with van der Waals surface area (Å²) in [5.41, 5.74) is 0. The molecule has 28 heavy (non-hydrogen) atoms. The molecule has 0 aromatic rings. The first kappa shape index (κ1) is 25.9. The van der Waals surface area contributed by atoms with Gasteiger partial charge in [-0.3, -0.25) is 0 Å². The Morgan fingerprint density at radius 3 is 0.607 bits per heavy atom. The summed E-state index contributed by atoms with van der Waals surface area (Å²) in [4.78, 5) is 0. The first-order chi connectivity index (χ1) is 11.9. The maximum absolute atomic E-state index is 13.1. The molecule has 0 rings (SSSR count). The molecule has 0 spiro atoms. The van der Waals surface area contributed by atoms with Crippen LogP contribution in [-0.4, -0.2) is 47.4 Å². The first-order valence-electron chi connectivity index (χ1n) is 5.72. The van der Waals surface area contributed by atoms with Gasteiger partial charge in [-0.15, -0.1) is 0 Å². The Kier molecular flexibility index (Phi) is 5.71. The van der Waals surface area contributed by atoms with Crippen molar-refractivity contribution < 1.29 is 70.2 Å². The van der Waals surface area contributed by atoms with E-state index in [2.05, 4.69) is 0 Å². The van der Waals surface area contributed by atoms with Gasteiger partial charge in [-0.1, -0.05) is 0 Å². The monoisotopic (exact) mass is 452 g/mol. The minimum absolute atomic E-state index is 1.03.